The van der Waals surface area contributed by atoms with E-state index < -0.39 is 5.97 Å². The number of carbonyl (C=O) groups is 2. The summed E-state index contributed by atoms with van der Waals surface area (Å²) in [6.45, 7) is 9.47. The number of carboxylic acid groups (broad SMARTS) is 1. The lowest BCUT2D eigenvalue weighted by Crippen LogP contribution is -2.51. The van der Waals surface area contributed by atoms with Crippen LogP contribution < -0.4 is 5.32 Å². The zero-order valence-corrected chi connectivity index (χ0v) is 13.5. The second kappa shape index (κ2) is 8.87. The van der Waals surface area contributed by atoms with Crippen molar-refractivity contribution in [1.82, 2.24) is 15.1 Å². The summed E-state index contributed by atoms with van der Waals surface area (Å²) in [6.07, 6.45) is 3.03. The van der Waals surface area contributed by atoms with Crippen LogP contribution in [0.15, 0.2) is 0 Å². The van der Waals surface area contributed by atoms with Crippen molar-refractivity contribution in [3.05, 3.63) is 0 Å². The Morgan fingerprint density at radius 3 is 2.43 bits per heavy atom. The fourth-order valence-corrected chi connectivity index (χ4v) is 2.71. The Bertz CT molecular complexity index is 339. The maximum atomic E-state index is 12.2. The summed E-state index contributed by atoms with van der Waals surface area (Å²) in [7, 11) is 0. The van der Waals surface area contributed by atoms with Crippen LogP contribution in [-0.2, 0) is 4.79 Å². The molecule has 6 heteroatoms. The molecule has 0 aliphatic carbocycles. The van der Waals surface area contributed by atoms with E-state index >= 15 is 0 Å². The zero-order valence-electron chi connectivity index (χ0n) is 13.5. The highest BCUT2D eigenvalue weighted by molar-refractivity contribution is 5.80. The fraction of sp³-hybridized carbons (Fsp3) is 0.867. The number of nitrogens with zero attached hydrogens (tertiary/aromatic N) is 2. The van der Waals surface area contributed by atoms with Crippen LogP contribution in [0.3, 0.4) is 0 Å². The number of nitrogens with one attached hydrogen (secondary N) is 1. The molecule has 1 heterocycles. The number of aliphatic carboxylic acids is 1. The average Bonchev–Trinajstić information content (AvgIpc) is 2.39. The highest BCUT2D eigenvalue weighted by Gasteiger charge is 2.24. The smallest absolute Gasteiger partial charge is 0.323 e. The van der Waals surface area contributed by atoms with Crippen molar-refractivity contribution in [2.75, 3.05) is 32.7 Å². The van der Waals surface area contributed by atoms with E-state index in [4.69, 9.17) is 5.11 Å². The van der Waals surface area contributed by atoms with Crippen molar-refractivity contribution in [2.45, 2.75) is 46.1 Å². The summed E-state index contributed by atoms with van der Waals surface area (Å²) in [5, 5.41) is 11.9. The van der Waals surface area contributed by atoms with E-state index in [0.29, 0.717) is 6.54 Å². The van der Waals surface area contributed by atoms with Gasteiger partial charge in [-0.1, -0.05) is 20.8 Å². The lowest BCUT2D eigenvalue weighted by molar-refractivity contribution is -0.137. The lowest BCUT2D eigenvalue weighted by Gasteiger charge is -2.33. The predicted octanol–water partition coefficient (Wildman–Crippen LogP) is 1.61. The van der Waals surface area contributed by atoms with Gasteiger partial charge >= 0.3 is 12.0 Å². The zero-order chi connectivity index (χ0) is 15.8. The van der Waals surface area contributed by atoms with Gasteiger partial charge in [0.1, 0.15) is 6.54 Å². The number of urea groups is 1. The Morgan fingerprint density at radius 2 is 1.95 bits per heavy atom. The largest absolute Gasteiger partial charge is 0.480 e. The van der Waals surface area contributed by atoms with E-state index in [1.807, 2.05) is 13.8 Å². The minimum absolute atomic E-state index is 0.161. The first-order valence-corrected chi connectivity index (χ1v) is 7.92. The molecule has 0 radical (unpaired) electrons. The van der Waals surface area contributed by atoms with Crippen LogP contribution in [0.2, 0.25) is 0 Å². The molecule has 122 valence electrons. The first kappa shape index (κ1) is 17.8. The Kier molecular flexibility index (Phi) is 7.50. The molecule has 0 aromatic rings. The van der Waals surface area contributed by atoms with Crippen LogP contribution in [0.1, 0.15) is 40.0 Å². The monoisotopic (exact) mass is 299 g/mol. The molecular formula is C15H29N3O3. The summed E-state index contributed by atoms with van der Waals surface area (Å²) in [4.78, 5) is 26.9. The van der Waals surface area contributed by atoms with Crippen molar-refractivity contribution >= 4 is 12.0 Å². The molecule has 0 aromatic heterocycles. The minimum atomic E-state index is -0.969. The molecule has 0 spiro atoms. The van der Waals surface area contributed by atoms with E-state index in [9.17, 15) is 9.59 Å². The number of hydrogen-bond donors (Lipinski definition) is 2. The molecule has 1 rings (SSSR count). The van der Waals surface area contributed by atoms with E-state index in [1.54, 1.807) is 0 Å². The van der Waals surface area contributed by atoms with Gasteiger partial charge in [-0.05, 0) is 31.7 Å². The third-order valence-electron chi connectivity index (χ3n) is 3.65. The van der Waals surface area contributed by atoms with Gasteiger partial charge in [-0.2, -0.15) is 0 Å². The van der Waals surface area contributed by atoms with Gasteiger partial charge < -0.3 is 20.2 Å². The maximum absolute atomic E-state index is 12.2. The van der Waals surface area contributed by atoms with Crippen LogP contribution in [0.5, 0.6) is 0 Å². The van der Waals surface area contributed by atoms with Gasteiger partial charge in [-0.15, -0.1) is 0 Å². The van der Waals surface area contributed by atoms with Gasteiger partial charge in [-0.3, -0.25) is 4.79 Å². The van der Waals surface area contributed by atoms with Crippen molar-refractivity contribution < 1.29 is 14.7 Å². The van der Waals surface area contributed by atoms with Crippen molar-refractivity contribution in [2.24, 2.45) is 5.92 Å². The summed E-state index contributed by atoms with van der Waals surface area (Å²) in [6, 6.07) is -0.0888. The molecule has 0 bridgehead atoms. The summed E-state index contributed by atoms with van der Waals surface area (Å²) in [5.41, 5.74) is 0. The van der Waals surface area contributed by atoms with E-state index in [2.05, 4.69) is 17.1 Å². The van der Waals surface area contributed by atoms with Crippen molar-refractivity contribution in [3.63, 3.8) is 0 Å². The Hall–Kier alpha value is -1.30. The van der Waals surface area contributed by atoms with Gasteiger partial charge in [0.2, 0.25) is 0 Å². The van der Waals surface area contributed by atoms with Gasteiger partial charge in [0, 0.05) is 25.7 Å². The predicted molar refractivity (Wildman–Crippen MR) is 82.3 cm³/mol. The summed E-state index contributed by atoms with van der Waals surface area (Å²) < 4.78 is 0. The van der Waals surface area contributed by atoms with E-state index in [-0.39, 0.29) is 24.5 Å². The number of piperidine rings is 1. The molecule has 1 fully saturated rings. The normalized spacial score (nSPS) is 17.0. The third kappa shape index (κ3) is 6.80. The van der Waals surface area contributed by atoms with Crippen molar-refractivity contribution in [1.29, 1.82) is 0 Å². The molecule has 2 N–H and O–H groups in total. The van der Waals surface area contributed by atoms with E-state index in [0.717, 1.165) is 38.9 Å². The highest BCUT2D eigenvalue weighted by atomic mass is 16.4. The maximum Gasteiger partial charge on any atom is 0.323 e. The molecule has 1 saturated heterocycles. The molecule has 1 aliphatic heterocycles. The highest BCUT2D eigenvalue weighted by Crippen LogP contribution is 2.11. The molecule has 2 amide bonds. The molecule has 1 aliphatic rings. The van der Waals surface area contributed by atoms with Gasteiger partial charge in [0.15, 0.2) is 0 Å². The Labute approximate surface area is 127 Å². The summed E-state index contributed by atoms with van der Waals surface area (Å²) >= 11 is 0. The first-order valence-electron chi connectivity index (χ1n) is 7.92. The van der Waals surface area contributed by atoms with Crippen molar-refractivity contribution in [3.8, 4) is 0 Å². The Balaban J connectivity index is 2.44. The molecule has 0 aromatic carbocycles. The average molecular weight is 299 g/mol. The van der Waals surface area contributed by atoms with Gasteiger partial charge in [-0.25, -0.2) is 4.79 Å². The molecule has 21 heavy (non-hydrogen) atoms. The number of carbonyl (C=O) groups excluding carboxylic acids is 1. The number of hydrogen-bond acceptors (Lipinski definition) is 3. The number of likely N-dealkylation sites (tertiary alicyclic amines) is 1. The Morgan fingerprint density at radius 1 is 1.33 bits per heavy atom. The molecule has 6 nitrogen and oxygen atoms in total. The van der Waals surface area contributed by atoms with E-state index in [1.165, 1.54) is 4.90 Å². The number of carboxylic acids is 1. The molecule has 0 atom stereocenters. The van der Waals surface area contributed by atoms with Crippen LogP contribution >= 0.6 is 0 Å². The first-order chi connectivity index (χ1) is 9.92. The molecular weight excluding hydrogens is 270 g/mol. The summed E-state index contributed by atoms with van der Waals surface area (Å²) in [5.74, 6) is -0.718. The van der Waals surface area contributed by atoms with Crippen LogP contribution in [0.4, 0.5) is 4.79 Å². The second-order valence-corrected chi connectivity index (χ2v) is 6.23. The SMILES string of the molecule is CCCN1CCC(NC(=O)N(CC(=O)O)CC(C)C)CC1. The lowest BCUT2D eigenvalue weighted by atomic mass is 10.1. The molecule has 0 saturated carbocycles. The topological polar surface area (TPSA) is 72.9 Å². The van der Waals surface area contributed by atoms with Crippen LogP contribution in [0.25, 0.3) is 0 Å². The fourth-order valence-electron chi connectivity index (χ4n) is 2.71. The van der Waals surface area contributed by atoms with Crippen LogP contribution in [-0.4, -0.2) is 65.7 Å². The quantitative estimate of drug-likeness (QED) is 0.749. The van der Waals surface area contributed by atoms with Gasteiger partial charge in [0.05, 0.1) is 0 Å². The second-order valence-electron chi connectivity index (χ2n) is 6.23. The standard InChI is InChI=1S/C15H29N3O3/c1-4-7-17-8-5-13(6-9-17)16-15(21)18(10-12(2)3)11-14(19)20/h12-13H,4-11H2,1-3H3,(H,16,21)(H,19,20). The van der Waals surface area contributed by atoms with Gasteiger partial charge in [0.25, 0.3) is 0 Å². The third-order valence-corrected chi connectivity index (χ3v) is 3.65. The molecule has 0 unspecified atom stereocenters. The van der Waals surface area contributed by atoms with Crippen LogP contribution in [0, 0.1) is 5.92 Å². The minimum Gasteiger partial charge on any atom is -0.480 e. The number of amides is 2. The number of rotatable bonds is 7.